The number of carbonyl (C=O) groups excluding carboxylic acids is 2. The molecule has 2 aromatic carbocycles. The Bertz CT molecular complexity index is 1180. The summed E-state index contributed by atoms with van der Waals surface area (Å²) in [6.07, 6.45) is 0.0434. The van der Waals surface area contributed by atoms with Gasteiger partial charge in [0.2, 0.25) is 11.9 Å². The number of rotatable bonds is 8. The third-order valence-electron chi connectivity index (χ3n) is 4.19. The number of benzene rings is 2. The molecule has 0 radical (unpaired) electrons. The second-order valence-electron chi connectivity index (χ2n) is 6.70. The van der Waals surface area contributed by atoms with Gasteiger partial charge in [0.05, 0.1) is 24.2 Å². The Morgan fingerprint density at radius 3 is 2.03 bits per heavy atom. The van der Waals surface area contributed by atoms with Gasteiger partial charge in [0.15, 0.2) is 5.82 Å². The lowest BCUT2D eigenvalue weighted by molar-refractivity contribution is -0.144. The maximum Gasteiger partial charge on any atom is 0.328 e. The highest BCUT2D eigenvalue weighted by Gasteiger charge is 2.24. The minimum absolute atomic E-state index is 0.0434. The number of hydrogen-bond donors (Lipinski definition) is 2. The quantitative estimate of drug-likeness (QED) is 0.252. The maximum atomic E-state index is 12.1. The van der Waals surface area contributed by atoms with Gasteiger partial charge in [-0.1, -0.05) is 31.9 Å². The molecule has 3 aromatic rings. The van der Waals surface area contributed by atoms with Crippen LogP contribution in [0.2, 0.25) is 0 Å². The minimum Gasteiger partial charge on any atom is -0.467 e. The van der Waals surface area contributed by atoms with Crippen LogP contribution in [-0.2, 0) is 20.7 Å². The highest BCUT2D eigenvalue weighted by molar-refractivity contribution is 9.10. The second-order valence-corrected chi connectivity index (χ2v) is 8.53. The van der Waals surface area contributed by atoms with Gasteiger partial charge >= 0.3 is 5.97 Å². The standard InChI is InChI=1S/C21H19Br2N7O3/c1-12(31)24-18(20(32)33-2)11-17-19(29-27-15-7-3-13(22)4-8-15)26-21(25-17)30-28-16-9-5-14(23)6-10-16/h3-10,18H,11H2,1-2H3,(H,24,31)(H,25,26). The fourth-order valence-electron chi connectivity index (χ4n) is 2.67. The van der Waals surface area contributed by atoms with E-state index in [2.05, 4.69) is 67.6 Å². The summed E-state index contributed by atoms with van der Waals surface area (Å²) in [6.45, 7) is 1.31. The molecule has 0 aliphatic rings. The number of nitrogens with one attached hydrogen (secondary N) is 2. The summed E-state index contributed by atoms with van der Waals surface area (Å²) in [7, 11) is 1.25. The number of nitrogens with zero attached hydrogens (tertiary/aromatic N) is 5. The number of aromatic nitrogens is 2. The minimum atomic E-state index is -0.939. The fourth-order valence-corrected chi connectivity index (χ4v) is 3.20. The van der Waals surface area contributed by atoms with Crippen LogP contribution in [0.4, 0.5) is 23.1 Å². The molecule has 0 fully saturated rings. The van der Waals surface area contributed by atoms with Gasteiger partial charge in [-0.2, -0.15) is 4.98 Å². The number of esters is 1. The second kappa shape index (κ2) is 11.6. The molecule has 1 unspecified atom stereocenters. The number of halogens is 2. The Kier molecular flexibility index (Phi) is 8.55. The predicted octanol–water partition coefficient (Wildman–Crippen LogP) is 5.99. The summed E-state index contributed by atoms with van der Waals surface area (Å²) in [4.78, 5) is 31.0. The molecule has 170 valence electrons. The van der Waals surface area contributed by atoms with Crippen LogP contribution in [0.25, 0.3) is 0 Å². The summed E-state index contributed by atoms with van der Waals surface area (Å²) in [5.74, 6) is -0.599. The largest absolute Gasteiger partial charge is 0.467 e. The van der Waals surface area contributed by atoms with Gasteiger partial charge in [0, 0.05) is 22.3 Å². The number of amides is 1. The summed E-state index contributed by atoms with van der Waals surface area (Å²) in [5, 5.41) is 19.2. The van der Waals surface area contributed by atoms with Crippen LogP contribution in [0.1, 0.15) is 12.6 Å². The molecule has 1 atom stereocenters. The van der Waals surface area contributed by atoms with Gasteiger partial charge in [-0.05, 0) is 48.5 Å². The Hall–Kier alpha value is -3.25. The third-order valence-corrected chi connectivity index (χ3v) is 5.25. The SMILES string of the molecule is COC(=O)C(Cc1[nH]c(N=Nc2ccc(Br)cc2)nc1N=Nc1ccc(Br)cc1)NC(C)=O. The maximum absolute atomic E-state index is 12.1. The average Bonchev–Trinajstić information content (AvgIpc) is 3.18. The average molecular weight is 577 g/mol. The predicted molar refractivity (Wildman–Crippen MR) is 129 cm³/mol. The molecule has 33 heavy (non-hydrogen) atoms. The third kappa shape index (κ3) is 7.39. The molecule has 1 heterocycles. The summed E-state index contributed by atoms with van der Waals surface area (Å²) < 4.78 is 6.63. The number of aromatic amines is 1. The Labute approximate surface area is 206 Å². The number of methoxy groups -OCH3 is 1. The highest BCUT2D eigenvalue weighted by Crippen LogP contribution is 2.27. The van der Waals surface area contributed by atoms with Gasteiger partial charge in [0.1, 0.15) is 6.04 Å². The monoisotopic (exact) mass is 575 g/mol. The van der Waals surface area contributed by atoms with Crippen molar-refractivity contribution < 1.29 is 14.3 Å². The first-order chi connectivity index (χ1) is 15.8. The lowest BCUT2D eigenvalue weighted by Crippen LogP contribution is -2.42. The van der Waals surface area contributed by atoms with Crippen LogP contribution in [0.5, 0.6) is 0 Å². The van der Waals surface area contributed by atoms with Crippen LogP contribution in [0.3, 0.4) is 0 Å². The van der Waals surface area contributed by atoms with Crippen LogP contribution in [0, 0.1) is 0 Å². The molecule has 0 spiro atoms. The normalized spacial score (nSPS) is 12.2. The number of H-pyrrole nitrogens is 1. The van der Waals surface area contributed by atoms with E-state index in [0.717, 1.165) is 8.95 Å². The number of azo groups is 2. The Morgan fingerprint density at radius 1 is 0.970 bits per heavy atom. The summed E-state index contributed by atoms with van der Waals surface area (Å²) in [5.41, 5.74) is 1.67. The number of imidazole rings is 1. The van der Waals surface area contributed by atoms with Gasteiger partial charge in [-0.3, -0.25) is 4.79 Å². The van der Waals surface area contributed by atoms with E-state index in [1.807, 2.05) is 24.3 Å². The van der Waals surface area contributed by atoms with Crippen molar-refractivity contribution in [1.29, 1.82) is 0 Å². The molecule has 0 saturated carbocycles. The van der Waals surface area contributed by atoms with E-state index in [1.165, 1.54) is 14.0 Å². The molecule has 3 rings (SSSR count). The van der Waals surface area contributed by atoms with Crippen molar-refractivity contribution in [3.05, 3.63) is 63.2 Å². The molecular formula is C21H19Br2N7O3. The zero-order valence-electron chi connectivity index (χ0n) is 17.6. The van der Waals surface area contributed by atoms with E-state index in [1.54, 1.807) is 24.3 Å². The Balaban J connectivity index is 1.91. The lowest BCUT2D eigenvalue weighted by Gasteiger charge is -2.14. The zero-order valence-corrected chi connectivity index (χ0v) is 20.8. The van der Waals surface area contributed by atoms with Crippen LogP contribution < -0.4 is 5.32 Å². The van der Waals surface area contributed by atoms with Crippen molar-refractivity contribution in [3.8, 4) is 0 Å². The van der Waals surface area contributed by atoms with Gasteiger partial charge in [-0.15, -0.1) is 20.5 Å². The van der Waals surface area contributed by atoms with E-state index in [-0.39, 0.29) is 24.1 Å². The molecule has 0 bridgehead atoms. The molecule has 10 nitrogen and oxygen atoms in total. The zero-order chi connectivity index (χ0) is 23.8. The van der Waals surface area contributed by atoms with Gasteiger partial charge in [-0.25, -0.2) is 4.79 Å². The molecule has 0 aliphatic heterocycles. The molecule has 1 amide bonds. The first-order valence-corrected chi connectivity index (χ1v) is 11.2. The number of ether oxygens (including phenoxy) is 1. The van der Waals surface area contributed by atoms with Crippen molar-refractivity contribution in [2.75, 3.05) is 7.11 Å². The molecule has 12 heteroatoms. The van der Waals surface area contributed by atoms with E-state index in [9.17, 15) is 9.59 Å². The van der Waals surface area contributed by atoms with Gasteiger partial charge in [0.25, 0.3) is 0 Å². The first kappa shape index (κ1) is 24.4. The molecule has 1 aromatic heterocycles. The van der Waals surface area contributed by atoms with Crippen LogP contribution in [0.15, 0.2) is 77.9 Å². The Morgan fingerprint density at radius 2 is 1.52 bits per heavy atom. The lowest BCUT2D eigenvalue weighted by atomic mass is 10.1. The van der Waals surface area contributed by atoms with Crippen LogP contribution in [-0.4, -0.2) is 35.0 Å². The van der Waals surface area contributed by atoms with Crippen molar-refractivity contribution in [2.24, 2.45) is 20.5 Å². The van der Waals surface area contributed by atoms with Crippen molar-refractivity contribution in [2.45, 2.75) is 19.4 Å². The van der Waals surface area contributed by atoms with Crippen molar-refractivity contribution >= 4 is 66.9 Å². The van der Waals surface area contributed by atoms with Crippen molar-refractivity contribution in [1.82, 2.24) is 15.3 Å². The molecule has 0 saturated heterocycles. The van der Waals surface area contributed by atoms with Crippen molar-refractivity contribution in [3.63, 3.8) is 0 Å². The molecule has 2 N–H and O–H groups in total. The summed E-state index contributed by atoms with van der Waals surface area (Å²) in [6, 6.07) is 13.5. The van der Waals surface area contributed by atoms with E-state index in [0.29, 0.717) is 17.1 Å². The van der Waals surface area contributed by atoms with Gasteiger partial charge < -0.3 is 15.0 Å². The fraction of sp³-hybridized carbons (Fsp3) is 0.190. The highest BCUT2D eigenvalue weighted by atomic mass is 79.9. The number of hydrogen-bond acceptors (Lipinski definition) is 8. The van der Waals surface area contributed by atoms with Crippen LogP contribution >= 0.6 is 31.9 Å². The first-order valence-electron chi connectivity index (χ1n) is 9.62. The van der Waals surface area contributed by atoms with E-state index in [4.69, 9.17) is 4.74 Å². The van der Waals surface area contributed by atoms with E-state index >= 15 is 0 Å². The number of carbonyl (C=O) groups is 2. The van der Waals surface area contributed by atoms with E-state index < -0.39 is 12.0 Å². The topological polar surface area (TPSA) is 134 Å². The molecular weight excluding hydrogens is 558 g/mol. The smallest absolute Gasteiger partial charge is 0.328 e. The molecule has 0 aliphatic carbocycles. The summed E-state index contributed by atoms with van der Waals surface area (Å²) >= 11 is 6.74.